The summed E-state index contributed by atoms with van der Waals surface area (Å²) in [7, 11) is 3.32. The Labute approximate surface area is 165 Å². The van der Waals surface area contributed by atoms with Crippen LogP contribution in [0.1, 0.15) is 26.3 Å². The van der Waals surface area contributed by atoms with E-state index in [1.54, 1.807) is 32.3 Å². The number of rotatable bonds is 8. The average Bonchev–Trinajstić information content (AvgIpc) is 2.75. The summed E-state index contributed by atoms with van der Waals surface area (Å²) in [5.41, 5.74) is 2.36. The second-order valence-corrected chi connectivity index (χ2v) is 6.08. The number of benzene rings is 2. The maximum Gasteiger partial charge on any atom is 0.251 e. The zero-order chi connectivity index (χ0) is 20.2. The molecular formula is C21H27N5O2. The van der Waals surface area contributed by atoms with Gasteiger partial charge in [0.25, 0.3) is 11.8 Å². The summed E-state index contributed by atoms with van der Waals surface area (Å²) in [5, 5.41) is 11.9. The molecule has 7 heteroatoms. The molecule has 7 nitrogen and oxygen atoms in total. The molecule has 2 rings (SSSR count). The van der Waals surface area contributed by atoms with Gasteiger partial charge in [0.1, 0.15) is 0 Å². The summed E-state index contributed by atoms with van der Waals surface area (Å²) < 4.78 is 0. The minimum absolute atomic E-state index is 0.0927. The zero-order valence-electron chi connectivity index (χ0n) is 16.3. The molecule has 0 bridgehead atoms. The van der Waals surface area contributed by atoms with Crippen LogP contribution in [0.4, 0.5) is 0 Å². The fourth-order valence-electron chi connectivity index (χ4n) is 2.61. The van der Waals surface area contributed by atoms with E-state index in [4.69, 9.17) is 0 Å². The lowest BCUT2D eigenvalue weighted by molar-refractivity contribution is 0.0949. The predicted molar refractivity (Wildman–Crippen MR) is 112 cm³/mol. The molecule has 0 aliphatic rings. The highest BCUT2D eigenvalue weighted by atomic mass is 16.2. The van der Waals surface area contributed by atoms with Crippen LogP contribution in [0.5, 0.6) is 0 Å². The van der Waals surface area contributed by atoms with Gasteiger partial charge in [-0.25, -0.2) is 0 Å². The van der Waals surface area contributed by atoms with Crippen LogP contribution in [-0.2, 0) is 6.42 Å². The molecule has 0 saturated carbocycles. The lowest BCUT2D eigenvalue weighted by Gasteiger charge is -2.12. The molecule has 0 aliphatic carbocycles. The summed E-state index contributed by atoms with van der Waals surface area (Å²) in [6.07, 6.45) is 0.760. The van der Waals surface area contributed by atoms with Crippen LogP contribution >= 0.6 is 0 Å². The fraction of sp³-hybridized carbons (Fsp3) is 0.286. The molecule has 28 heavy (non-hydrogen) atoms. The van der Waals surface area contributed by atoms with E-state index in [-0.39, 0.29) is 11.8 Å². The third kappa shape index (κ3) is 6.75. The van der Waals surface area contributed by atoms with Crippen molar-refractivity contribution >= 4 is 17.8 Å². The van der Waals surface area contributed by atoms with E-state index >= 15 is 0 Å². The second-order valence-electron chi connectivity index (χ2n) is 6.08. The van der Waals surface area contributed by atoms with Gasteiger partial charge in [-0.15, -0.1) is 0 Å². The van der Waals surface area contributed by atoms with Crippen molar-refractivity contribution in [2.24, 2.45) is 4.99 Å². The van der Waals surface area contributed by atoms with E-state index in [9.17, 15) is 9.59 Å². The first kappa shape index (κ1) is 21.0. The minimum Gasteiger partial charge on any atom is -0.356 e. The molecule has 0 fully saturated rings. The Hall–Kier alpha value is -3.35. The first-order valence-electron chi connectivity index (χ1n) is 9.23. The largest absolute Gasteiger partial charge is 0.356 e. The van der Waals surface area contributed by atoms with Gasteiger partial charge in [0.2, 0.25) is 0 Å². The molecule has 148 valence electrons. The number of carbonyl (C=O) groups is 2. The Bertz CT molecular complexity index is 805. The SMILES string of the molecule is CN=C(NCCNC(=O)c1ccccc1)NCCc1cccc(C(=O)NC)c1. The van der Waals surface area contributed by atoms with Crippen molar-refractivity contribution < 1.29 is 9.59 Å². The minimum atomic E-state index is -0.0960. The number of guanidine groups is 1. The summed E-state index contributed by atoms with van der Waals surface area (Å²) in [5.74, 6) is 0.475. The van der Waals surface area contributed by atoms with Gasteiger partial charge in [-0.3, -0.25) is 14.6 Å². The van der Waals surface area contributed by atoms with Crippen LogP contribution < -0.4 is 21.3 Å². The molecule has 0 unspecified atom stereocenters. The van der Waals surface area contributed by atoms with Crippen LogP contribution in [-0.4, -0.2) is 51.5 Å². The van der Waals surface area contributed by atoms with Crippen molar-refractivity contribution in [3.05, 3.63) is 71.3 Å². The lowest BCUT2D eigenvalue weighted by atomic mass is 10.1. The molecular weight excluding hydrogens is 354 g/mol. The standard InChI is InChI=1S/C21H27N5O2/c1-22-19(27)18-10-6-7-16(15-18)11-12-25-21(23-2)26-14-13-24-20(28)17-8-4-3-5-9-17/h3-10,15H,11-14H2,1-2H3,(H,22,27)(H,24,28)(H2,23,25,26). The fourth-order valence-corrected chi connectivity index (χ4v) is 2.61. The highest BCUT2D eigenvalue weighted by Gasteiger charge is 2.05. The average molecular weight is 381 g/mol. The van der Waals surface area contributed by atoms with E-state index in [1.165, 1.54) is 0 Å². The number of amides is 2. The Kier molecular flexibility index (Phi) is 8.52. The number of nitrogens with one attached hydrogen (secondary N) is 4. The van der Waals surface area contributed by atoms with Crippen LogP contribution in [0, 0.1) is 0 Å². The third-order valence-electron chi connectivity index (χ3n) is 4.08. The van der Waals surface area contributed by atoms with Gasteiger partial charge in [0, 0.05) is 44.9 Å². The van der Waals surface area contributed by atoms with Crippen molar-refractivity contribution in [1.29, 1.82) is 0 Å². The quantitative estimate of drug-likeness (QED) is 0.314. The number of nitrogens with zero attached hydrogens (tertiary/aromatic N) is 1. The van der Waals surface area contributed by atoms with Crippen molar-refractivity contribution in [3.8, 4) is 0 Å². The van der Waals surface area contributed by atoms with Crippen molar-refractivity contribution in [2.75, 3.05) is 33.7 Å². The van der Waals surface area contributed by atoms with Gasteiger partial charge >= 0.3 is 0 Å². The summed E-state index contributed by atoms with van der Waals surface area (Å²) in [6, 6.07) is 16.7. The molecule has 0 aliphatic heterocycles. The van der Waals surface area contributed by atoms with E-state index in [1.807, 2.05) is 36.4 Å². The van der Waals surface area contributed by atoms with Crippen LogP contribution in [0.2, 0.25) is 0 Å². The number of carbonyl (C=O) groups excluding carboxylic acids is 2. The molecule has 4 N–H and O–H groups in total. The van der Waals surface area contributed by atoms with E-state index in [2.05, 4.69) is 26.3 Å². The highest BCUT2D eigenvalue weighted by Crippen LogP contribution is 2.05. The summed E-state index contributed by atoms with van der Waals surface area (Å²) in [4.78, 5) is 27.8. The van der Waals surface area contributed by atoms with Gasteiger partial charge in [-0.1, -0.05) is 30.3 Å². The topological polar surface area (TPSA) is 94.6 Å². The molecule has 0 spiro atoms. The monoisotopic (exact) mass is 381 g/mol. The third-order valence-corrected chi connectivity index (χ3v) is 4.08. The summed E-state index contributed by atoms with van der Waals surface area (Å²) >= 11 is 0. The molecule has 2 aromatic rings. The first-order chi connectivity index (χ1) is 13.6. The van der Waals surface area contributed by atoms with Crippen LogP contribution in [0.3, 0.4) is 0 Å². The molecule has 0 radical (unpaired) electrons. The number of hydrogen-bond acceptors (Lipinski definition) is 3. The van der Waals surface area contributed by atoms with Gasteiger partial charge in [-0.2, -0.15) is 0 Å². The van der Waals surface area contributed by atoms with Gasteiger partial charge < -0.3 is 21.3 Å². The molecule has 2 aromatic carbocycles. The van der Waals surface area contributed by atoms with Crippen molar-refractivity contribution in [1.82, 2.24) is 21.3 Å². The van der Waals surface area contributed by atoms with E-state index < -0.39 is 0 Å². The van der Waals surface area contributed by atoms with Gasteiger partial charge in [0.05, 0.1) is 0 Å². The van der Waals surface area contributed by atoms with Gasteiger partial charge in [0.15, 0.2) is 5.96 Å². The van der Waals surface area contributed by atoms with Crippen LogP contribution in [0.15, 0.2) is 59.6 Å². The first-order valence-corrected chi connectivity index (χ1v) is 9.23. The highest BCUT2D eigenvalue weighted by molar-refractivity contribution is 5.94. The molecule has 0 aromatic heterocycles. The molecule has 0 heterocycles. The molecule has 0 atom stereocenters. The maximum atomic E-state index is 12.0. The lowest BCUT2D eigenvalue weighted by Crippen LogP contribution is -2.42. The smallest absolute Gasteiger partial charge is 0.251 e. The zero-order valence-corrected chi connectivity index (χ0v) is 16.3. The van der Waals surface area contributed by atoms with Crippen molar-refractivity contribution in [2.45, 2.75) is 6.42 Å². The Morgan fingerprint density at radius 1 is 0.821 bits per heavy atom. The Morgan fingerprint density at radius 2 is 1.50 bits per heavy atom. The Morgan fingerprint density at radius 3 is 2.21 bits per heavy atom. The normalized spacial score (nSPS) is 10.9. The summed E-state index contributed by atoms with van der Waals surface area (Å²) in [6.45, 7) is 1.72. The van der Waals surface area contributed by atoms with Crippen LogP contribution in [0.25, 0.3) is 0 Å². The number of hydrogen-bond donors (Lipinski definition) is 4. The second kappa shape index (κ2) is 11.4. The van der Waals surface area contributed by atoms with E-state index in [0.29, 0.717) is 36.7 Å². The maximum absolute atomic E-state index is 12.0. The van der Waals surface area contributed by atoms with Crippen molar-refractivity contribution in [3.63, 3.8) is 0 Å². The molecule has 2 amide bonds. The Balaban J connectivity index is 1.69. The predicted octanol–water partition coefficient (Wildman–Crippen LogP) is 1.18. The number of aliphatic imine (C=N–C) groups is 1. The van der Waals surface area contributed by atoms with Gasteiger partial charge in [-0.05, 0) is 36.2 Å². The molecule has 0 saturated heterocycles. The van der Waals surface area contributed by atoms with E-state index in [0.717, 1.165) is 12.0 Å².